The molecule has 5 heteroatoms. The number of amides is 1. The molecule has 1 heterocycles. The molecule has 0 spiro atoms. The van der Waals surface area contributed by atoms with Crippen molar-refractivity contribution in [2.24, 2.45) is 0 Å². The molecule has 1 aromatic rings. The monoisotopic (exact) mass is 361 g/mol. The first-order valence-corrected chi connectivity index (χ1v) is 9.79. The number of likely N-dealkylation sites (tertiary alicyclic amines) is 1. The van der Waals surface area contributed by atoms with Gasteiger partial charge in [-0.15, -0.1) is 0 Å². The molecule has 1 fully saturated rings. The number of rotatable bonds is 12. The van der Waals surface area contributed by atoms with E-state index >= 15 is 0 Å². The Morgan fingerprint density at radius 1 is 1.15 bits per heavy atom. The summed E-state index contributed by atoms with van der Waals surface area (Å²) in [5, 5.41) is 18.9. The number of hydrogen-bond donors (Lipinski definition) is 2. The number of carboxylic acid groups (broad SMARTS) is 1. The van der Waals surface area contributed by atoms with Crippen molar-refractivity contribution in [1.82, 2.24) is 4.90 Å². The number of aliphatic carboxylic acids is 1. The zero-order chi connectivity index (χ0) is 18.8. The van der Waals surface area contributed by atoms with E-state index in [2.05, 4.69) is 0 Å². The van der Waals surface area contributed by atoms with Crippen LogP contribution in [-0.4, -0.2) is 45.7 Å². The van der Waals surface area contributed by atoms with E-state index in [1.54, 1.807) is 0 Å². The Balaban J connectivity index is 1.67. The van der Waals surface area contributed by atoms with E-state index in [9.17, 15) is 14.7 Å². The largest absolute Gasteiger partial charge is 0.481 e. The van der Waals surface area contributed by atoms with Crippen LogP contribution < -0.4 is 0 Å². The molecule has 1 amide bonds. The first kappa shape index (κ1) is 20.4. The van der Waals surface area contributed by atoms with Gasteiger partial charge in [0.15, 0.2) is 0 Å². The predicted octanol–water partition coefficient (Wildman–Crippen LogP) is 3.40. The molecular formula is C21H31NO4. The zero-order valence-corrected chi connectivity index (χ0v) is 15.5. The third kappa shape index (κ3) is 7.16. The maximum Gasteiger partial charge on any atom is 0.303 e. The van der Waals surface area contributed by atoms with E-state index in [0.29, 0.717) is 25.7 Å². The second-order valence-corrected chi connectivity index (χ2v) is 7.26. The molecule has 0 unspecified atom stereocenters. The van der Waals surface area contributed by atoms with Gasteiger partial charge < -0.3 is 15.1 Å². The smallest absolute Gasteiger partial charge is 0.303 e. The van der Waals surface area contributed by atoms with Crippen molar-refractivity contribution in [2.45, 2.75) is 76.4 Å². The average Bonchev–Trinajstić information content (AvgIpc) is 2.97. The van der Waals surface area contributed by atoms with Gasteiger partial charge in [0.25, 0.3) is 0 Å². The normalized spacial score (nSPS) is 18.3. The van der Waals surface area contributed by atoms with Crippen LogP contribution in [0.15, 0.2) is 30.3 Å². The summed E-state index contributed by atoms with van der Waals surface area (Å²) in [6.45, 7) is 0.755. The standard InChI is InChI=1S/C21H31NO4/c23-19(16-17-8-4-3-5-9-17)13-11-18-12-14-20(24)22(18)15-7-2-1-6-10-21(25)26/h3-5,8-9,18-19,23H,1-2,6-7,10-16H2,(H,25,26)/t18-,19+/m0/s1. The maximum atomic E-state index is 12.1. The van der Waals surface area contributed by atoms with Crippen LogP contribution in [0, 0.1) is 0 Å². The Kier molecular flexibility index (Phi) is 8.62. The molecule has 26 heavy (non-hydrogen) atoms. The van der Waals surface area contributed by atoms with Crippen LogP contribution in [0.4, 0.5) is 0 Å². The molecule has 1 aromatic carbocycles. The fourth-order valence-corrected chi connectivity index (χ4v) is 3.69. The van der Waals surface area contributed by atoms with Crippen molar-refractivity contribution in [3.63, 3.8) is 0 Å². The third-order valence-electron chi connectivity index (χ3n) is 5.14. The third-order valence-corrected chi connectivity index (χ3v) is 5.14. The van der Waals surface area contributed by atoms with Crippen molar-refractivity contribution in [2.75, 3.05) is 6.54 Å². The lowest BCUT2D eigenvalue weighted by atomic mass is 10.0. The van der Waals surface area contributed by atoms with Gasteiger partial charge in [-0.25, -0.2) is 0 Å². The topological polar surface area (TPSA) is 77.8 Å². The molecule has 0 aromatic heterocycles. The zero-order valence-electron chi connectivity index (χ0n) is 15.5. The second-order valence-electron chi connectivity index (χ2n) is 7.26. The summed E-state index contributed by atoms with van der Waals surface area (Å²) in [6, 6.07) is 10.2. The number of nitrogens with zero attached hydrogens (tertiary/aromatic N) is 1. The van der Waals surface area contributed by atoms with Gasteiger partial charge in [-0.3, -0.25) is 9.59 Å². The quantitative estimate of drug-likeness (QED) is 0.559. The molecule has 1 aliphatic rings. The average molecular weight is 361 g/mol. The van der Waals surface area contributed by atoms with Crippen molar-refractivity contribution in [3.8, 4) is 0 Å². The van der Waals surface area contributed by atoms with Gasteiger partial charge in [0.05, 0.1) is 6.10 Å². The van der Waals surface area contributed by atoms with Crippen molar-refractivity contribution < 1.29 is 19.8 Å². The van der Waals surface area contributed by atoms with E-state index in [1.165, 1.54) is 0 Å². The molecule has 1 aliphatic heterocycles. The minimum Gasteiger partial charge on any atom is -0.481 e. The number of aliphatic hydroxyl groups is 1. The van der Waals surface area contributed by atoms with E-state index in [1.807, 2.05) is 35.2 Å². The molecule has 1 saturated heterocycles. The van der Waals surface area contributed by atoms with Crippen LogP contribution in [0.2, 0.25) is 0 Å². The van der Waals surface area contributed by atoms with E-state index in [-0.39, 0.29) is 24.5 Å². The van der Waals surface area contributed by atoms with Crippen LogP contribution in [0.1, 0.15) is 63.4 Å². The number of benzene rings is 1. The van der Waals surface area contributed by atoms with Gasteiger partial charge in [-0.2, -0.15) is 0 Å². The summed E-state index contributed by atoms with van der Waals surface area (Å²) in [5.74, 6) is -0.521. The highest BCUT2D eigenvalue weighted by Crippen LogP contribution is 2.24. The molecule has 5 nitrogen and oxygen atoms in total. The van der Waals surface area contributed by atoms with Gasteiger partial charge in [-0.1, -0.05) is 43.2 Å². The molecule has 0 aliphatic carbocycles. The predicted molar refractivity (Wildman–Crippen MR) is 101 cm³/mol. The lowest BCUT2D eigenvalue weighted by molar-refractivity contribution is -0.137. The van der Waals surface area contributed by atoms with Crippen LogP contribution in [0.5, 0.6) is 0 Å². The fraction of sp³-hybridized carbons (Fsp3) is 0.619. The van der Waals surface area contributed by atoms with Crippen LogP contribution in [-0.2, 0) is 16.0 Å². The highest BCUT2D eigenvalue weighted by atomic mass is 16.4. The molecule has 2 rings (SSSR count). The number of unbranched alkanes of at least 4 members (excludes halogenated alkanes) is 3. The fourth-order valence-electron chi connectivity index (χ4n) is 3.69. The summed E-state index contributed by atoms with van der Waals surface area (Å²) in [4.78, 5) is 24.6. The number of carbonyl (C=O) groups is 2. The Bertz CT molecular complexity index is 560. The Morgan fingerprint density at radius 2 is 1.88 bits per heavy atom. The Labute approximate surface area is 156 Å². The highest BCUT2D eigenvalue weighted by molar-refractivity contribution is 5.78. The summed E-state index contributed by atoms with van der Waals surface area (Å²) >= 11 is 0. The number of hydrogen-bond acceptors (Lipinski definition) is 3. The number of carbonyl (C=O) groups excluding carboxylic acids is 1. The molecular weight excluding hydrogens is 330 g/mol. The molecule has 0 bridgehead atoms. The number of aliphatic hydroxyl groups excluding tert-OH is 1. The lowest BCUT2D eigenvalue weighted by Gasteiger charge is -2.25. The van der Waals surface area contributed by atoms with Gasteiger partial charge in [0, 0.05) is 25.4 Å². The van der Waals surface area contributed by atoms with Crippen LogP contribution >= 0.6 is 0 Å². The Morgan fingerprint density at radius 3 is 2.62 bits per heavy atom. The van der Waals surface area contributed by atoms with E-state index in [4.69, 9.17) is 5.11 Å². The van der Waals surface area contributed by atoms with Crippen molar-refractivity contribution in [3.05, 3.63) is 35.9 Å². The van der Waals surface area contributed by atoms with Gasteiger partial charge in [0.2, 0.25) is 5.91 Å². The second kappa shape index (κ2) is 11.0. The summed E-state index contributed by atoms with van der Waals surface area (Å²) in [6.07, 6.45) is 7.05. The van der Waals surface area contributed by atoms with Crippen molar-refractivity contribution in [1.29, 1.82) is 0 Å². The van der Waals surface area contributed by atoms with Crippen molar-refractivity contribution >= 4 is 11.9 Å². The minimum atomic E-state index is -0.742. The lowest BCUT2D eigenvalue weighted by Crippen LogP contribution is -2.34. The van der Waals surface area contributed by atoms with Gasteiger partial charge in [0.1, 0.15) is 0 Å². The SMILES string of the molecule is O=C(O)CCCCCCN1C(=O)CC[C@@H]1CC[C@@H](O)Cc1ccccc1. The first-order valence-electron chi connectivity index (χ1n) is 9.79. The molecule has 0 saturated carbocycles. The molecule has 144 valence electrons. The first-order chi connectivity index (χ1) is 12.6. The molecule has 0 radical (unpaired) electrons. The Hall–Kier alpha value is -1.88. The maximum absolute atomic E-state index is 12.1. The highest BCUT2D eigenvalue weighted by Gasteiger charge is 2.30. The summed E-state index contributed by atoms with van der Waals surface area (Å²) < 4.78 is 0. The van der Waals surface area contributed by atoms with Crippen LogP contribution in [0.3, 0.4) is 0 Å². The van der Waals surface area contributed by atoms with Crippen LogP contribution in [0.25, 0.3) is 0 Å². The summed E-state index contributed by atoms with van der Waals surface area (Å²) in [7, 11) is 0. The van der Waals surface area contributed by atoms with Gasteiger partial charge >= 0.3 is 5.97 Å². The van der Waals surface area contributed by atoms with E-state index < -0.39 is 5.97 Å². The number of carboxylic acids is 1. The minimum absolute atomic E-state index is 0.220. The van der Waals surface area contributed by atoms with E-state index in [0.717, 1.165) is 44.2 Å². The summed E-state index contributed by atoms with van der Waals surface area (Å²) in [5.41, 5.74) is 1.14. The molecule has 2 atom stereocenters. The van der Waals surface area contributed by atoms with Gasteiger partial charge in [-0.05, 0) is 44.1 Å². The molecule has 2 N–H and O–H groups in total.